The van der Waals surface area contributed by atoms with E-state index in [0.29, 0.717) is 11.5 Å². The summed E-state index contributed by atoms with van der Waals surface area (Å²) in [5.74, 6) is 5.90. The van der Waals surface area contributed by atoms with Crippen LogP contribution in [0.3, 0.4) is 0 Å². The molecule has 8 heteroatoms. The molecule has 4 aliphatic heterocycles. The van der Waals surface area contributed by atoms with Gasteiger partial charge in [-0.05, 0) is 92.1 Å². The van der Waals surface area contributed by atoms with Crippen molar-refractivity contribution in [2.45, 2.75) is 0 Å². The molecule has 0 amide bonds. The molecule has 0 atom stereocenters. The van der Waals surface area contributed by atoms with Crippen LogP contribution in [-0.4, -0.2) is 13.4 Å². The lowest BCUT2D eigenvalue weighted by Crippen LogP contribution is -2.63. The molecule has 0 radical (unpaired) electrons. The van der Waals surface area contributed by atoms with Crippen LogP contribution >= 0.6 is 0 Å². The summed E-state index contributed by atoms with van der Waals surface area (Å²) in [7, 11) is 0. The summed E-state index contributed by atoms with van der Waals surface area (Å²) in [5.41, 5.74) is 13.1. The van der Waals surface area contributed by atoms with E-state index in [4.69, 9.17) is 18.9 Å². The first-order valence-corrected chi connectivity index (χ1v) is 23.8. The molecule has 326 valence electrons. The smallest absolute Gasteiger partial charge is 0.256 e. The Balaban J connectivity index is 0.933. The van der Waals surface area contributed by atoms with Gasteiger partial charge in [-0.25, -0.2) is 0 Å². The zero-order chi connectivity index (χ0) is 45.9. The molecule has 0 N–H and O–H groups in total. The van der Waals surface area contributed by atoms with Gasteiger partial charge in [0, 0.05) is 75.2 Å². The van der Waals surface area contributed by atoms with Gasteiger partial charge >= 0.3 is 0 Å². The Kier molecular flexibility index (Phi) is 8.45. The minimum atomic E-state index is -0.154. The maximum absolute atomic E-state index is 7.22. The van der Waals surface area contributed by atoms with Crippen molar-refractivity contribution in [2.24, 2.45) is 0 Å². The Morgan fingerprint density at radius 2 is 0.729 bits per heavy atom. The molecule has 0 bridgehead atoms. The second-order valence-corrected chi connectivity index (χ2v) is 18.3. The lowest BCUT2D eigenvalue weighted by Gasteiger charge is -2.42. The molecular weight excluding hydrogens is 858 g/mol. The van der Waals surface area contributed by atoms with E-state index in [9.17, 15) is 0 Å². The van der Waals surface area contributed by atoms with E-state index in [1.54, 1.807) is 0 Å². The first-order valence-electron chi connectivity index (χ1n) is 23.8. The zero-order valence-electron chi connectivity index (χ0n) is 37.6. The Hall–Kier alpha value is -9.13. The summed E-state index contributed by atoms with van der Waals surface area (Å²) >= 11 is 0. The normalized spacial score (nSPS) is 13.3. The molecule has 15 rings (SSSR count). The number of anilines is 6. The van der Waals surface area contributed by atoms with E-state index in [0.717, 1.165) is 112 Å². The van der Waals surface area contributed by atoms with Crippen LogP contribution in [0.25, 0.3) is 21.5 Å². The average molecular weight is 897 g/mol. The standard InChI is InChI=1S/C62H38B2N2O4/c1-3-21-41(22-4-1)65-51-29-13-11-27-47(51)63-49-37-50-58(38-57(49)69-59-35-43(33-53(65)61(59)63)67-55-31-15-19-39-17-7-9-25-45(39)55)70-60-36-44(68-56-32-16-20-40-18-8-10-26-46(40)56)34-54-62(60)64(50)48-28-12-14-30-52(48)66(54)42-23-5-2-6-24-42/h1-38H. The van der Waals surface area contributed by atoms with Gasteiger partial charge in [-0.2, -0.15) is 0 Å². The van der Waals surface area contributed by atoms with Crippen molar-refractivity contribution >= 4 is 102 Å². The highest BCUT2D eigenvalue weighted by atomic mass is 16.5. The quantitative estimate of drug-likeness (QED) is 0.155. The van der Waals surface area contributed by atoms with E-state index >= 15 is 0 Å². The molecule has 0 aromatic heterocycles. The van der Waals surface area contributed by atoms with Gasteiger partial charge in [-0.1, -0.05) is 152 Å². The summed E-state index contributed by atoms with van der Waals surface area (Å²) in [4.78, 5) is 4.71. The van der Waals surface area contributed by atoms with E-state index in [1.165, 1.54) is 10.9 Å². The van der Waals surface area contributed by atoms with Crippen molar-refractivity contribution in [1.29, 1.82) is 0 Å². The Morgan fingerprint density at radius 1 is 0.314 bits per heavy atom. The van der Waals surface area contributed by atoms with Crippen molar-refractivity contribution in [1.82, 2.24) is 0 Å². The topological polar surface area (TPSA) is 43.4 Å². The van der Waals surface area contributed by atoms with Gasteiger partial charge in [0.1, 0.15) is 46.0 Å². The minimum Gasteiger partial charge on any atom is -0.458 e. The fraction of sp³-hybridized carbons (Fsp3) is 0. The van der Waals surface area contributed by atoms with Crippen molar-refractivity contribution in [3.63, 3.8) is 0 Å². The Morgan fingerprint density at radius 3 is 1.21 bits per heavy atom. The first kappa shape index (κ1) is 38.9. The fourth-order valence-electron chi connectivity index (χ4n) is 11.5. The van der Waals surface area contributed by atoms with Crippen molar-refractivity contribution in [2.75, 3.05) is 9.80 Å². The molecule has 70 heavy (non-hydrogen) atoms. The number of nitrogens with zero attached hydrogens (tertiary/aromatic N) is 2. The third-order valence-corrected chi connectivity index (χ3v) is 14.4. The van der Waals surface area contributed by atoms with Gasteiger partial charge < -0.3 is 28.7 Å². The van der Waals surface area contributed by atoms with Gasteiger partial charge in [0.05, 0.1) is 0 Å². The fourth-order valence-corrected chi connectivity index (χ4v) is 11.5. The van der Waals surface area contributed by atoms with Gasteiger partial charge in [0.25, 0.3) is 13.4 Å². The van der Waals surface area contributed by atoms with E-state index < -0.39 is 0 Å². The van der Waals surface area contributed by atoms with Crippen LogP contribution in [0.15, 0.2) is 231 Å². The molecule has 11 aromatic carbocycles. The van der Waals surface area contributed by atoms with Gasteiger partial charge in [-0.3, -0.25) is 0 Å². The van der Waals surface area contributed by atoms with Crippen LogP contribution in [0.1, 0.15) is 0 Å². The summed E-state index contributed by atoms with van der Waals surface area (Å²) < 4.78 is 28.2. The maximum atomic E-state index is 7.22. The van der Waals surface area contributed by atoms with Crippen molar-refractivity contribution < 1.29 is 18.9 Å². The van der Waals surface area contributed by atoms with Crippen LogP contribution in [-0.2, 0) is 0 Å². The summed E-state index contributed by atoms with van der Waals surface area (Å²) in [6.45, 7) is -0.308. The van der Waals surface area contributed by atoms with Gasteiger partial charge in [0.15, 0.2) is 0 Å². The number of rotatable bonds is 6. The third-order valence-electron chi connectivity index (χ3n) is 14.4. The van der Waals surface area contributed by atoms with Gasteiger partial charge in [-0.15, -0.1) is 0 Å². The molecule has 0 aliphatic carbocycles. The van der Waals surface area contributed by atoms with E-state index in [2.05, 4.69) is 216 Å². The molecule has 0 saturated carbocycles. The summed E-state index contributed by atoms with van der Waals surface area (Å²) in [6.07, 6.45) is 0. The highest BCUT2D eigenvalue weighted by molar-refractivity contribution is 7.02. The number of ether oxygens (including phenoxy) is 4. The second kappa shape index (κ2) is 15.2. The SMILES string of the molecule is c1ccc(N2c3ccccc3B3c4cc5c(cc4Oc4cc(Oc6cccc7ccccc67)cc2c43)Oc2cc(Oc3cccc4ccccc34)cc3c2B5c2ccccc2N3c2ccccc2)cc1. The highest BCUT2D eigenvalue weighted by Gasteiger charge is 2.47. The monoisotopic (exact) mass is 896 g/mol. The number of fused-ring (bicyclic) bond motifs is 10. The zero-order valence-corrected chi connectivity index (χ0v) is 37.6. The van der Waals surface area contributed by atoms with Crippen LogP contribution in [0.2, 0.25) is 0 Å². The summed E-state index contributed by atoms with van der Waals surface area (Å²) in [5, 5.41) is 4.31. The molecule has 0 fully saturated rings. The van der Waals surface area contributed by atoms with Crippen molar-refractivity contribution in [3.05, 3.63) is 231 Å². The molecule has 4 heterocycles. The van der Waals surface area contributed by atoms with E-state index in [-0.39, 0.29) is 13.4 Å². The largest absolute Gasteiger partial charge is 0.458 e. The molecule has 0 unspecified atom stereocenters. The molecule has 0 saturated heterocycles. The Labute approximate surface area is 405 Å². The average Bonchev–Trinajstić information content (AvgIpc) is 3.41. The molecule has 4 aliphatic rings. The van der Waals surface area contributed by atoms with Gasteiger partial charge in [0.2, 0.25) is 0 Å². The number of para-hydroxylation sites is 4. The highest BCUT2D eigenvalue weighted by Crippen LogP contribution is 2.47. The minimum absolute atomic E-state index is 0.154. The molecule has 0 spiro atoms. The number of benzene rings is 11. The lowest BCUT2D eigenvalue weighted by atomic mass is 9.31. The van der Waals surface area contributed by atoms with Crippen LogP contribution in [0, 0.1) is 0 Å². The lowest BCUT2D eigenvalue weighted by molar-refractivity contribution is 0.453. The van der Waals surface area contributed by atoms with E-state index in [1.807, 2.05) is 24.3 Å². The maximum Gasteiger partial charge on any atom is 0.256 e. The third kappa shape index (κ3) is 5.90. The van der Waals surface area contributed by atoms with Crippen molar-refractivity contribution in [3.8, 4) is 46.0 Å². The predicted molar refractivity (Wildman–Crippen MR) is 286 cm³/mol. The molecule has 6 nitrogen and oxygen atoms in total. The molecule has 11 aromatic rings. The van der Waals surface area contributed by atoms with Crippen LogP contribution in [0.4, 0.5) is 34.1 Å². The number of hydrogen-bond donors (Lipinski definition) is 0. The number of hydrogen-bond acceptors (Lipinski definition) is 6. The summed E-state index contributed by atoms with van der Waals surface area (Å²) in [6, 6.07) is 80.7. The molecular formula is C62H38B2N2O4. The first-order chi connectivity index (χ1) is 34.7. The van der Waals surface area contributed by atoms with Crippen LogP contribution < -0.4 is 61.5 Å². The van der Waals surface area contributed by atoms with Crippen LogP contribution in [0.5, 0.6) is 46.0 Å². The predicted octanol–water partition coefficient (Wildman–Crippen LogP) is 12.4. The second-order valence-electron chi connectivity index (χ2n) is 18.3. The Bertz CT molecular complexity index is 3690.